The molecule has 9 heteroatoms. The third-order valence-corrected chi connectivity index (χ3v) is 3.48. The van der Waals surface area contributed by atoms with E-state index in [9.17, 15) is 22.8 Å². The lowest BCUT2D eigenvalue weighted by Crippen LogP contribution is -2.25. The maximum atomic E-state index is 13.5. The highest BCUT2D eigenvalue weighted by molar-refractivity contribution is 6.31. The van der Waals surface area contributed by atoms with E-state index in [1.54, 1.807) is 0 Å². The molecule has 0 aliphatic rings. The Labute approximate surface area is 137 Å². The van der Waals surface area contributed by atoms with Crippen molar-refractivity contribution < 1.29 is 22.4 Å². The van der Waals surface area contributed by atoms with E-state index in [0.717, 1.165) is 10.6 Å². The minimum absolute atomic E-state index is 0.180. The molecule has 1 amide bonds. The number of carbonyl (C=O) groups excluding carboxylic acids is 1. The summed E-state index contributed by atoms with van der Waals surface area (Å²) in [5.74, 6) is -6.24. The van der Waals surface area contributed by atoms with Crippen molar-refractivity contribution in [1.29, 1.82) is 0 Å². The number of nitrogens with zero attached hydrogens (tertiary/aromatic N) is 1. The second kappa shape index (κ2) is 6.04. The number of amides is 1. The first kappa shape index (κ1) is 16.1. The number of rotatable bonds is 3. The highest BCUT2D eigenvalue weighted by Crippen LogP contribution is 2.21. The first-order chi connectivity index (χ1) is 11.4. The third-order valence-electron chi connectivity index (χ3n) is 3.24. The molecule has 0 unspecified atom stereocenters. The molecule has 1 aromatic heterocycles. The summed E-state index contributed by atoms with van der Waals surface area (Å²) in [5.41, 5.74) is -0.0487. The molecule has 1 N–H and O–H groups in total. The highest BCUT2D eigenvalue weighted by atomic mass is 35.5. The Balaban J connectivity index is 1.87. The molecule has 124 valence electrons. The van der Waals surface area contributed by atoms with Crippen LogP contribution in [0.15, 0.2) is 39.5 Å². The van der Waals surface area contributed by atoms with Crippen LogP contribution in [0.5, 0.6) is 0 Å². The molecule has 2 aromatic carbocycles. The number of anilines is 1. The van der Waals surface area contributed by atoms with Gasteiger partial charge in [-0.2, -0.15) is 0 Å². The Morgan fingerprint density at radius 1 is 1.17 bits per heavy atom. The fourth-order valence-electron chi connectivity index (χ4n) is 2.15. The first-order valence-electron chi connectivity index (χ1n) is 6.59. The van der Waals surface area contributed by atoms with Gasteiger partial charge in [-0.05, 0) is 24.3 Å². The Hall–Kier alpha value is -2.74. The van der Waals surface area contributed by atoms with Gasteiger partial charge in [-0.3, -0.25) is 9.36 Å². The van der Waals surface area contributed by atoms with E-state index < -0.39 is 41.3 Å². The molecule has 0 aliphatic carbocycles. The van der Waals surface area contributed by atoms with Crippen LogP contribution in [0.1, 0.15) is 0 Å². The fourth-order valence-corrected chi connectivity index (χ4v) is 2.31. The zero-order valence-corrected chi connectivity index (χ0v) is 12.5. The largest absolute Gasteiger partial charge is 0.420 e. The summed E-state index contributed by atoms with van der Waals surface area (Å²) >= 11 is 5.78. The fraction of sp³-hybridized carbons (Fsp3) is 0.0667. The molecule has 0 bridgehead atoms. The van der Waals surface area contributed by atoms with Crippen molar-refractivity contribution in [3.63, 3.8) is 0 Å². The molecular formula is C15H8ClF3N2O3. The maximum absolute atomic E-state index is 13.5. The molecule has 24 heavy (non-hydrogen) atoms. The molecule has 0 radical (unpaired) electrons. The van der Waals surface area contributed by atoms with Gasteiger partial charge in [-0.15, -0.1) is 0 Å². The predicted octanol–water partition coefficient (Wildman–Crippen LogP) is 3.30. The summed E-state index contributed by atoms with van der Waals surface area (Å²) in [7, 11) is 0. The second-order valence-electron chi connectivity index (χ2n) is 4.84. The number of hydrogen-bond donors (Lipinski definition) is 1. The Bertz CT molecular complexity index is 1010. The normalized spacial score (nSPS) is 11.0. The predicted molar refractivity (Wildman–Crippen MR) is 80.4 cm³/mol. The van der Waals surface area contributed by atoms with Crippen LogP contribution in [-0.4, -0.2) is 10.5 Å². The quantitative estimate of drug-likeness (QED) is 0.732. The van der Waals surface area contributed by atoms with E-state index in [0.29, 0.717) is 16.6 Å². The summed E-state index contributed by atoms with van der Waals surface area (Å²) in [6.07, 6.45) is 0. The van der Waals surface area contributed by atoms with Crippen molar-refractivity contribution in [2.45, 2.75) is 6.54 Å². The van der Waals surface area contributed by atoms with E-state index in [2.05, 4.69) is 5.32 Å². The monoisotopic (exact) mass is 356 g/mol. The number of nitrogens with one attached hydrogen (secondary N) is 1. The van der Waals surface area contributed by atoms with Crippen LogP contribution in [0.2, 0.25) is 5.02 Å². The van der Waals surface area contributed by atoms with E-state index in [1.165, 1.54) is 18.2 Å². The standard InChI is InChI=1S/C15H8ClF3N2O3/c16-7-1-4-10-11(5-7)24-15(23)21(10)6-12(22)20-9-3-2-8(17)13(18)14(9)19/h1-5H,6H2,(H,20,22). The van der Waals surface area contributed by atoms with Gasteiger partial charge in [-0.25, -0.2) is 18.0 Å². The molecule has 0 saturated carbocycles. The molecule has 0 spiro atoms. The number of oxazole rings is 1. The van der Waals surface area contributed by atoms with Crippen molar-refractivity contribution in [3.05, 3.63) is 63.4 Å². The molecule has 5 nitrogen and oxygen atoms in total. The van der Waals surface area contributed by atoms with E-state index >= 15 is 0 Å². The number of benzene rings is 2. The number of hydrogen-bond acceptors (Lipinski definition) is 3. The lowest BCUT2D eigenvalue weighted by atomic mass is 10.2. The van der Waals surface area contributed by atoms with Gasteiger partial charge in [0.25, 0.3) is 0 Å². The van der Waals surface area contributed by atoms with Crippen LogP contribution in [0.4, 0.5) is 18.9 Å². The molecule has 0 fully saturated rings. The molecular weight excluding hydrogens is 349 g/mol. The van der Waals surface area contributed by atoms with Crippen molar-refractivity contribution >= 4 is 34.3 Å². The van der Waals surface area contributed by atoms with Gasteiger partial charge in [-0.1, -0.05) is 11.6 Å². The Morgan fingerprint density at radius 2 is 1.92 bits per heavy atom. The van der Waals surface area contributed by atoms with Crippen molar-refractivity contribution in [3.8, 4) is 0 Å². The van der Waals surface area contributed by atoms with E-state index in [-0.39, 0.29) is 5.58 Å². The molecule has 0 aliphatic heterocycles. The number of carbonyl (C=O) groups is 1. The number of fused-ring (bicyclic) bond motifs is 1. The summed E-state index contributed by atoms with van der Waals surface area (Å²) in [6.45, 7) is -0.508. The van der Waals surface area contributed by atoms with Gasteiger partial charge in [0.15, 0.2) is 23.0 Å². The summed E-state index contributed by atoms with van der Waals surface area (Å²) in [4.78, 5) is 23.8. The van der Waals surface area contributed by atoms with Crippen LogP contribution >= 0.6 is 11.6 Å². The molecule has 3 aromatic rings. The summed E-state index contributed by atoms with van der Waals surface area (Å²) < 4.78 is 45.5. The van der Waals surface area contributed by atoms with Crippen molar-refractivity contribution in [2.75, 3.05) is 5.32 Å². The van der Waals surface area contributed by atoms with Crippen LogP contribution < -0.4 is 11.1 Å². The van der Waals surface area contributed by atoms with Gasteiger partial charge in [0, 0.05) is 11.1 Å². The zero-order valence-electron chi connectivity index (χ0n) is 11.8. The highest BCUT2D eigenvalue weighted by Gasteiger charge is 2.17. The average molecular weight is 357 g/mol. The first-order valence-corrected chi connectivity index (χ1v) is 6.97. The van der Waals surface area contributed by atoms with Crippen molar-refractivity contribution in [2.24, 2.45) is 0 Å². The van der Waals surface area contributed by atoms with Crippen LogP contribution in [-0.2, 0) is 11.3 Å². The van der Waals surface area contributed by atoms with Gasteiger partial charge < -0.3 is 9.73 Å². The van der Waals surface area contributed by atoms with Gasteiger partial charge in [0.05, 0.1) is 11.2 Å². The molecule has 0 atom stereocenters. The lowest BCUT2D eigenvalue weighted by Gasteiger charge is -2.07. The van der Waals surface area contributed by atoms with Gasteiger partial charge in [0.2, 0.25) is 5.91 Å². The van der Waals surface area contributed by atoms with Crippen LogP contribution in [0.25, 0.3) is 11.1 Å². The SMILES string of the molecule is O=C(Cn1c(=O)oc2cc(Cl)ccc21)Nc1ccc(F)c(F)c1F. The topological polar surface area (TPSA) is 64.2 Å². The minimum Gasteiger partial charge on any atom is -0.408 e. The smallest absolute Gasteiger partial charge is 0.408 e. The second-order valence-corrected chi connectivity index (χ2v) is 5.27. The molecule has 0 saturated heterocycles. The molecule has 1 heterocycles. The van der Waals surface area contributed by atoms with Crippen LogP contribution in [0.3, 0.4) is 0 Å². The Kier molecular flexibility index (Phi) is 4.06. The van der Waals surface area contributed by atoms with E-state index in [1.807, 2.05) is 0 Å². The maximum Gasteiger partial charge on any atom is 0.420 e. The van der Waals surface area contributed by atoms with Gasteiger partial charge >= 0.3 is 5.76 Å². The molecule has 3 rings (SSSR count). The third kappa shape index (κ3) is 2.88. The summed E-state index contributed by atoms with van der Waals surface area (Å²) in [6, 6.07) is 5.94. The van der Waals surface area contributed by atoms with Gasteiger partial charge in [0.1, 0.15) is 6.54 Å². The Morgan fingerprint density at radius 3 is 2.67 bits per heavy atom. The minimum atomic E-state index is -1.70. The lowest BCUT2D eigenvalue weighted by molar-refractivity contribution is -0.116. The van der Waals surface area contributed by atoms with E-state index in [4.69, 9.17) is 16.0 Å². The van der Waals surface area contributed by atoms with Crippen LogP contribution in [0, 0.1) is 17.5 Å². The summed E-state index contributed by atoms with van der Waals surface area (Å²) in [5, 5.41) is 2.42. The number of aromatic nitrogens is 1. The van der Waals surface area contributed by atoms with Crippen molar-refractivity contribution in [1.82, 2.24) is 4.57 Å². The zero-order chi connectivity index (χ0) is 17.4. The number of halogens is 4. The average Bonchev–Trinajstić information content (AvgIpc) is 2.83.